The minimum atomic E-state index is -4.27. The van der Waals surface area contributed by atoms with Crippen LogP contribution >= 0.6 is 0 Å². The highest BCUT2D eigenvalue weighted by atomic mass is 32.2. The van der Waals surface area contributed by atoms with Crippen molar-refractivity contribution < 1.29 is 64.5 Å². The average Bonchev–Trinajstić information content (AvgIpc) is 2.98. The molecule has 1 aromatic heterocycles. The van der Waals surface area contributed by atoms with Crippen molar-refractivity contribution in [1.29, 1.82) is 0 Å². The van der Waals surface area contributed by atoms with Crippen LogP contribution in [0, 0.1) is 13.8 Å². The van der Waals surface area contributed by atoms with Crippen LogP contribution in [-0.2, 0) is 26.8 Å². The molecule has 0 aliphatic rings. The van der Waals surface area contributed by atoms with Crippen molar-refractivity contribution in [1.82, 2.24) is 0 Å². The van der Waals surface area contributed by atoms with E-state index in [0.29, 0.717) is 38.7 Å². The third kappa shape index (κ3) is 9.14. The Bertz CT molecular complexity index is 2040. The Labute approximate surface area is 270 Å². The average molecular weight is 693 g/mol. The van der Waals surface area contributed by atoms with Crippen LogP contribution in [-0.4, -0.2) is 79.4 Å². The molecule has 0 radical (unpaired) electrons. The van der Waals surface area contributed by atoms with E-state index in [4.69, 9.17) is 18.8 Å². The fourth-order valence-corrected chi connectivity index (χ4v) is 6.17. The zero-order valence-electron chi connectivity index (χ0n) is 25.5. The number of esters is 1. The van der Waals surface area contributed by atoms with Crippen LogP contribution in [0.1, 0.15) is 44.7 Å². The first-order chi connectivity index (χ1) is 22.1. The zero-order chi connectivity index (χ0) is 34.5. The van der Waals surface area contributed by atoms with E-state index in [1.807, 2.05) is 0 Å². The predicted molar refractivity (Wildman–Crippen MR) is 170 cm³/mol. The van der Waals surface area contributed by atoms with Gasteiger partial charge in [0, 0.05) is 18.6 Å². The Morgan fingerprint density at radius 3 is 1.77 bits per heavy atom. The van der Waals surface area contributed by atoms with E-state index >= 15 is 0 Å². The van der Waals surface area contributed by atoms with Gasteiger partial charge in [-0.1, -0.05) is 0 Å². The molecule has 4 rings (SSSR count). The molecule has 0 unspecified atom stereocenters. The summed E-state index contributed by atoms with van der Waals surface area (Å²) >= 11 is 0. The van der Waals surface area contributed by atoms with Crippen LogP contribution in [0.5, 0.6) is 17.2 Å². The van der Waals surface area contributed by atoms with Crippen LogP contribution in [0.15, 0.2) is 48.5 Å². The van der Waals surface area contributed by atoms with Gasteiger partial charge < -0.3 is 24.4 Å². The van der Waals surface area contributed by atoms with Crippen molar-refractivity contribution in [2.24, 2.45) is 0 Å². The lowest BCUT2D eigenvalue weighted by Crippen LogP contribution is -2.37. The van der Waals surface area contributed by atoms with Gasteiger partial charge in [0.05, 0.1) is 46.6 Å². The Morgan fingerprint density at radius 1 is 0.766 bits per heavy atom. The van der Waals surface area contributed by atoms with Gasteiger partial charge in [-0.25, -0.2) is 9.59 Å². The molecule has 0 bridgehead atoms. The number of carboxylic acid groups (broad SMARTS) is 1. The largest absolute Gasteiger partial charge is 0.494 e. The Balaban J connectivity index is 1.93. The van der Waals surface area contributed by atoms with Gasteiger partial charge in [0.1, 0.15) is 23.9 Å². The highest BCUT2D eigenvalue weighted by molar-refractivity contribution is 7.86. The topological polar surface area (TPSA) is 215 Å². The quantitative estimate of drug-likeness (QED) is 0.0352. The summed E-state index contributed by atoms with van der Waals surface area (Å²) in [4.78, 5) is 25.7. The van der Waals surface area contributed by atoms with Gasteiger partial charge in [-0.15, -0.1) is 0 Å². The number of carbonyl (C=O) groups excluding carboxylic acids is 1. The molecule has 4 aromatic rings. The number of ether oxygens (including phenoxy) is 3. The number of pyridine rings is 1. The second kappa shape index (κ2) is 14.6. The maximum Gasteiger partial charge on any atom is 0.345 e. The molecule has 0 saturated carbocycles. The minimum Gasteiger partial charge on any atom is -0.494 e. The van der Waals surface area contributed by atoms with Gasteiger partial charge in [-0.05, 0) is 67.8 Å². The molecule has 0 fully saturated rings. The molecule has 252 valence electrons. The summed E-state index contributed by atoms with van der Waals surface area (Å²) in [6, 6.07) is 12.3. The van der Waals surface area contributed by atoms with Crippen molar-refractivity contribution in [2.75, 3.05) is 31.3 Å². The van der Waals surface area contributed by atoms with Crippen LogP contribution in [0.3, 0.4) is 0 Å². The van der Waals surface area contributed by atoms with Gasteiger partial charge in [-0.3, -0.25) is 9.11 Å². The molecule has 3 aromatic carbocycles. The molecule has 1 heterocycles. The molecule has 0 spiro atoms. The van der Waals surface area contributed by atoms with E-state index in [1.54, 1.807) is 48.7 Å². The van der Waals surface area contributed by atoms with Crippen molar-refractivity contribution >= 4 is 54.0 Å². The van der Waals surface area contributed by atoms with Gasteiger partial charge in [0.15, 0.2) is 6.54 Å². The molecule has 0 atom stereocenters. The number of aryl methyl sites for hydroxylation is 3. The number of hydrogen-bond donors (Lipinski definition) is 4. The first-order valence-corrected chi connectivity index (χ1v) is 17.6. The molecule has 16 heteroatoms. The van der Waals surface area contributed by atoms with Gasteiger partial charge in [0.2, 0.25) is 11.0 Å². The number of carboxylic acids is 1. The molecule has 47 heavy (non-hydrogen) atoms. The van der Waals surface area contributed by atoms with Gasteiger partial charge in [-0.2, -0.15) is 21.4 Å². The summed E-state index contributed by atoms with van der Waals surface area (Å²) < 4.78 is 82.6. The van der Waals surface area contributed by atoms with Crippen LogP contribution in [0.2, 0.25) is 0 Å². The number of hydrogen-bond acceptors (Lipinski definition) is 10. The highest BCUT2D eigenvalue weighted by Crippen LogP contribution is 2.33. The monoisotopic (exact) mass is 692 g/mol. The number of fused-ring (bicyclic) bond motifs is 2. The Morgan fingerprint density at radius 2 is 1.28 bits per heavy atom. The maximum atomic E-state index is 14.2. The summed E-state index contributed by atoms with van der Waals surface area (Å²) in [6.07, 6.45) is -0.00196. The lowest BCUT2D eigenvalue weighted by Gasteiger charge is -2.16. The number of aliphatic hydroxyl groups is 1. The van der Waals surface area contributed by atoms with E-state index in [-0.39, 0.29) is 61.8 Å². The number of nitrogens with zero attached hydrogens (tertiary/aromatic N) is 1. The van der Waals surface area contributed by atoms with Gasteiger partial charge >= 0.3 is 11.9 Å². The number of aliphatic hydroxyl groups excluding tert-OH is 1. The normalized spacial score (nSPS) is 11.9. The first-order valence-electron chi connectivity index (χ1n) is 14.3. The Hall–Kier alpha value is -4.35. The fourth-order valence-electron chi connectivity index (χ4n) is 5.20. The summed E-state index contributed by atoms with van der Waals surface area (Å²) in [5, 5.41) is 19.4. The number of benzene rings is 3. The van der Waals surface area contributed by atoms with Crippen molar-refractivity contribution in [2.45, 2.75) is 33.2 Å². The molecular weight excluding hydrogens is 658 g/mol. The second-order valence-corrected chi connectivity index (χ2v) is 13.9. The highest BCUT2D eigenvalue weighted by Gasteiger charge is 2.28. The number of aromatic carboxylic acids is 1. The molecule has 0 amide bonds. The van der Waals surface area contributed by atoms with E-state index in [9.17, 15) is 41.2 Å². The summed E-state index contributed by atoms with van der Waals surface area (Å²) in [5.74, 6) is -2.31. The standard InChI is InChI=1S/C31H33NO13S2/c1-19-15-21(30(34)35)16-20(2)29(19)45-31(36)28-24-17-22(43-11-4-14-47(40,41)42)5-7-26(24)32(9-3-13-46(37,38)39)27-8-6-23(18-25(27)28)44-12-10-33/h5-8,15-18,33H,3-4,9-14H2,1-2H3,(H2-,34,35,37,38,39,40,41,42)/p+1. The fraction of sp³-hybridized carbons (Fsp3) is 0.323. The summed E-state index contributed by atoms with van der Waals surface area (Å²) in [6.45, 7) is 2.91. The lowest BCUT2D eigenvalue weighted by atomic mass is 10.0. The number of rotatable bonds is 15. The SMILES string of the molecule is Cc1cc(C(=O)O)cc(C)c1OC(=O)c1c2cc(OCCO)ccc2[n+](CCCS(=O)(=O)O)c2ccc(OCCCS(=O)(=O)O)cc12. The van der Waals surface area contributed by atoms with Gasteiger partial charge in [0.25, 0.3) is 20.2 Å². The third-order valence-electron chi connectivity index (χ3n) is 7.12. The minimum absolute atomic E-state index is 0.0163. The van der Waals surface area contributed by atoms with Crippen LogP contribution < -0.4 is 18.8 Å². The maximum absolute atomic E-state index is 14.2. The van der Waals surface area contributed by atoms with E-state index < -0.39 is 43.7 Å². The summed E-state index contributed by atoms with van der Waals surface area (Å²) in [5.41, 5.74) is 1.81. The zero-order valence-corrected chi connectivity index (χ0v) is 27.1. The molecule has 14 nitrogen and oxygen atoms in total. The number of aromatic nitrogens is 1. The van der Waals surface area contributed by atoms with E-state index in [2.05, 4.69) is 0 Å². The molecular formula is C31H34NO13S2+. The third-order valence-corrected chi connectivity index (χ3v) is 8.73. The molecule has 0 aliphatic heterocycles. The number of carbonyl (C=O) groups is 2. The van der Waals surface area contributed by atoms with Crippen LogP contribution in [0.25, 0.3) is 21.8 Å². The second-order valence-electron chi connectivity index (χ2n) is 10.7. The molecule has 0 aliphatic carbocycles. The molecule has 0 saturated heterocycles. The predicted octanol–water partition coefficient (Wildman–Crippen LogP) is 3.12. The van der Waals surface area contributed by atoms with Crippen LogP contribution in [0.4, 0.5) is 0 Å². The van der Waals surface area contributed by atoms with Crippen molar-refractivity contribution in [3.8, 4) is 17.2 Å². The smallest absolute Gasteiger partial charge is 0.345 e. The van der Waals surface area contributed by atoms with Crippen molar-refractivity contribution in [3.63, 3.8) is 0 Å². The summed E-state index contributed by atoms with van der Waals surface area (Å²) in [7, 11) is -8.47. The molecule has 4 N–H and O–H groups in total. The van der Waals surface area contributed by atoms with E-state index in [1.165, 1.54) is 18.2 Å². The van der Waals surface area contributed by atoms with Crippen molar-refractivity contribution in [3.05, 3.63) is 70.8 Å². The first kappa shape index (κ1) is 35.5. The van der Waals surface area contributed by atoms with E-state index in [0.717, 1.165) is 0 Å². The Kier molecular flexibility index (Phi) is 11.0. The lowest BCUT2D eigenvalue weighted by molar-refractivity contribution is -0.645.